The van der Waals surface area contributed by atoms with Gasteiger partial charge in [-0.25, -0.2) is 0 Å². The van der Waals surface area contributed by atoms with Gasteiger partial charge in [0.2, 0.25) is 0 Å². The minimum Gasteiger partial charge on any atom is -1.00 e. The molecular formula is C8H17KO2. The number of hydrogen-bond acceptors (Lipinski definition) is 1. The first-order valence-electron chi connectivity index (χ1n) is 3.84. The minimum atomic E-state index is -0.677. The molecule has 0 aromatic heterocycles. The van der Waals surface area contributed by atoms with E-state index in [9.17, 15) is 4.79 Å². The summed E-state index contributed by atoms with van der Waals surface area (Å²) in [6.07, 6.45) is 3.34. The van der Waals surface area contributed by atoms with Crippen LogP contribution in [0.15, 0.2) is 0 Å². The zero-order valence-electron chi connectivity index (χ0n) is 8.76. The van der Waals surface area contributed by atoms with Crippen LogP contribution < -0.4 is 51.4 Å². The zero-order valence-corrected chi connectivity index (χ0v) is 10.9. The van der Waals surface area contributed by atoms with E-state index >= 15 is 0 Å². The summed E-state index contributed by atoms with van der Waals surface area (Å²) in [6, 6.07) is 0. The predicted molar refractivity (Wildman–Crippen MR) is 42.1 cm³/mol. The van der Waals surface area contributed by atoms with E-state index in [4.69, 9.17) is 5.11 Å². The molecule has 0 aliphatic rings. The number of hydrogen-bond donors (Lipinski definition) is 1. The Kier molecular flexibility index (Phi) is 12.2. The summed E-state index contributed by atoms with van der Waals surface area (Å²) in [5, 5.41) is 8.28. The van der Waals surface area contributed by atoms with Crippen molar-refractivity contribution in [1.82, 2.24) is 0 Å². The van der Waals surface area contributed by atoms with E-state index in [2.05, 4.69) is 13.8 Å². The molecule has 0 saturated heterocycles. The fourth-order valence-electron chi connectivity index (χ4n) is 0.829. The van der Waals surface area contributed by atoms with Crippen molar-refractivity contribution < 1.29 is 62.7 Å². The third-order valence-corrected chi connectivity index (χ3v) is 1.42. The van der Waals surface area contributed by atoms with Crippen LogP contribution in [-0.4, -0.2) is 11.1 Å². The quantitative estimate of drug-likeness (QED) is 0.458. The molecule has 0 rings (SSSR count). The fraction of sp³-hybridized carbons (Fsp3) is 0.875. The van der Waals surface area contributed by atoms with Crippen molar-refractivity contribution in [3.8, 4) is 0 Å². The third kappa shape index (κ3) is 14.0. The van der Waals surface area contributed by atoms with Gasteiger partial charge in [0.25, 0.3) is 0 Å². The number of carboxylic acids is 1. The minimum absolute atomic E-state index is 0. The second-order valence-corrected chi connectivity index (χ2v) is 3.03. The SMILES string of the molecule is CC(C)CCCCC(=O)O.[H-].[K+]. The molecule has 0 heterocycles. The molecule has 0 aromatic carbocycles. The molecule has 0 saturated carbocycles. The molecule has 3 heteroatoms. The molecule has 62 valence electrons. The molecule has 0 atom stereocenters. The molecule has 0 spiro atoms. The van der Waals surface area contributed by atoms with Crippen molar-refractivity contribution in [2.24, 2.45) is 5.92 Å². The molecular weight excluding hydrogens is 167 g/mol. The van der Waals surface area contributed by atoms with Gasteiger partial charge < -0.3 is 6.53 Å². The van der Waals surface area contributed by atoms with Crippen molar-refractivity contribution in [3.05, 3.63) is 0 Å². The largest absolute Gasteiger partial charge is 1.00 e. The summed E-state index contributed by atoms with van der Waals surface area (Å²) in [6.45, 7) is 4.31. The first-order chi connectivity index (χ1) is 4.63. The normalized spacial score (nSPS) is 9.36. The Labute approximate surface area is 113 Å². The molecule has 0 fully saturated rings. The van der Waals surface area contributed by atoms with E-state index < -0.39 is 5.97 Å². The summed E-state index contributed by atoms with van der Waals surface area (Å²) in [7, 11) is 0. The maximum absolute atomic E-state index is 10.0. The standard InChI is InChI=1S/C8H16O2.K.H/c1-7(2)5-3-4-6-8(9)10;;/h7H,3-6H2,1-2H3,(H,9,10);;/q;+1;-1. The van der Waals surface area contributed by atoms with Crippen molar-refractivity contribution >= 4 is 5.97 Å². The summed E-state index contributed by atoms with van der Waals surface area (Å²) < 4.78 is 0. The molecule has 1 N–H and O–H groups in total. The Morgan fingerprint density at radius 2 is 2.00 bits per heavy atom. The van der Waals surface area contributed by atoms with Crippen molar-refractivity contribution in [1.29, 1.82) is 0 Å². The Hall–Kier alpha value is 1.11. The van der Waals surface area contributed by atoms with E-state index in [0.29, 0.717) is 12.3 Å². The van der Waals surface area contributed by atoms with E-state index in [-0.39, 0.29) is 52.8 Å². The van der Waals surface area contributed by atoms with Crippen LogP contribution in [0, 0.1) is 5.92 Å². The van der Waals surface area contributed by atoms with Gasteiger partial charge >= 0.3 is 57.4 Å². The van der Waals surface area contributed by atoms with Gasteiger partial charge in [0, 0.05) is 6.42 Å². The van der Waals surface area contributed by atoms with Crippen LogP contribution in [0.25, 0.3) is 0 Å². The van der Waals surface area contributed by atoms with Crippen molar-refractivity contribution in [2.75, 3.05) is 0 Å². The number of carboxylic acid groups (broad SMARTS) is 1. The molecule has 0 bridgehead atoms. The number of aliphatic carboxylic acids is 1. The van der Waals surface area contributed by atoms with Crippen molar-refractivity contribution in [3.63, 3.8) is 0 Å². The summed E-state index contributed by atoms with van der Waals surface area (Å²) in [4.78, 5) is 10.0. The molecule has 2 nitrogen and oxygen atoms in total. The van der Waals surface area contributed by atoms with E-state index in [0.717, 1.165) is 19.3 Å². The molecule has 0 unspecified atom stereocenters. The van der Waals surface area contributed by atoms with Gasteiger partial charge in [0.05, 0.1) is 0 Å². The van der Waals surface area contributed by atoms with E-state index in [1.54, 1.807) is 0 Å². The Bertz CT molecular complexity index is 107. The van der Waals surface area contributed by atoms with E-state index in [1.165, 1.54) is 0 Å². The predicted octanol–water partition coefficient (Wildman–Crippen LogP) is -0.596. The smallest absolute Gasteiger partial charge is 1.00 e. The van der Waals surface area contributed by atoms with Crippen LogP contribution >= 0.6 is 0 Å². The first-order valence-corrected chi connectivity index (χ1v) is 3.84. The Morgan fingerprint density at radius 1 is 1.45 bits per heavy atom. The van der Waals surface area contributed by atoms with Crippen LogP contribution in [0.3, 0.4) is 0 Å². The van der Waals surface area contributed by atoms with Gasteiger partial charge in [-0.2, -0.15) is 0 Å². The Balaban J connectivity index is -0.000000405. The summed E-state index contributed by atoms with van der Waals surface area (Å²) >= 11 is 0. The second kappa shape index (κ2) is 9.20. The van der Waals surface area contributed by atoms with Crippen LogP contribution in [0.1, 0.15) is 41.0 Å². The number of carbonyl (C=O) groups is 1. The van der Waals surface area contributed by atoms with Gasteiger partial charge in [-0.3, -0.25) is 4.79 Å². The van der Waals surface area contributed by atoms with Gasteiger partial charge in [0.1, 0.15) is 0 Å². The third-order valence-electron chi connectivity index (χ3n) is 1.42. The fourth-order valence-corrected chi connectivity index (χ4v) is 0.829. The topological polar surface area (TPSA) is 37.3 Å². The molecule has 0 aliphatic heterocycles. The summed E-state index contributed by atoms with van der Waals surface area (Å²) in [5.74, 6) is 0.0255. The molecule has 0 radical (unpaired) electrons. The van der Waals surface area contributed by atoms with Gasteiger partial charge in [-0.15, -0.1) is 0 Å². The van der Waals surface area contributed by atoms with Crippen LogP contribution in [0.4, 0.5) is 0 Å². The van der Waals surface area contributed by atoms with Gasteiger partial charge in [-0.05, 0) is 12.3 Å². The molecule has 11 heavy (non-hydrogen) atoms. The van der Waals surface area contributed by atoms with Crippen LogP contribution in [0.2, 0.25) is 0 Å². The Morgan fingerprint density at radius 3 is 2.36 bits per heavy atom. The zero-order chi connectivity index (χ0) is 7.98. The van der Waals surface area contributed by atoms with Crippen LogP contribution in [-0.2, 0) is 4.79 Å². The average Bonchev–Trinajstić information content (AvgIpc) is 1.79. The van der Waals surface area contributed by atoms with Crippen LogP contribution in [0.5, 0.6) is 0 Å². The van der Waals surface area contributed by atoms with Gasteiger partial charge in [0.15, 0.2) is 0 Å². The second-order valence-electron chi connectivity index (χ2n) is 3.03. The number of rotatable bonds is 5. The molecule has 0 aromatic rings. The van der Waals surface area contributed by atoms with E-state index in [1.807, 2.05) is 0 Å². The van der Waals surface area contributed by atoms with Crippen molar-refractivity contribution in [2.45, 2.75) is 39.5 Å². The monoisotopic (exact) mass is 184 g/mol. The first kappa shape index (κ1) is 14.6. The molecule has 0 aliphatic carbocycles. The average molecular weight is 184 g/mol. The maximum Gasteiger partial charge on any atom is 1.00 e. The molecule has 0 amide bonds. The van der Waals surface area contributed by atoms with Gasteiger partial charge in [-0.1, -0.05) is 26.7 Å². The maximum atomic E-state index is 10.0. The summed E-state index contributed by atoms with van der Waals surface area (Å²) in [5.41, 5.74) is 0. The number of unbranched alkanes of at least 4 members (excludes halogenated alkanes) is 1.